The van der Waals surface area contributed by atoms with E-state index in [-0.39, 0.29) is 5.69 Å². The number of aryl methyl sites for hydroxylation is 1. The van der Waals surface area contributed by atoms with Crippen LogP contribution < -0.4 is 9.64 Å². The van der Waals surface area contributed by atoms with Crippen LogP contribution in [0.4, 0.5) is 5.95 Å². The van der Waals surface area contributed by atoms with Crippen molar-refractivity contribution in [3.8, 4) is 17.0 Å². The number of carboxylic acid groups (broad SMARTS) is 1. The predicted molar refractivity (Wildman–Crippen MR) is 98.9 cm³/mol. The number of aromatic nitrogens is 4. The lowest BCUT2D eigenvalue weighted by atomic mass is 10.1. The molecule has 0 bridgehead atoms. The second-order valence-corrected chi connectivity index (χ2v) is 6.34. The lowest BCUT2D eigenvalue weighted by molar-refractivity contribution is 0.0688. The minimum Gasteiger partial charge on any atom is -0.497 e. The molecule has 3 aromatic rings. The van der Waals surface area contributed by atoms with Gasteiger partial charge in [0, 0.05) is 43.0 Å². The molecule has 0 saturated carbocycles. The fraction of sp³-hybridized carbons (Fsp3) is 0.263. The summed E-state index contributed by atoms with van der Waals surface area (Å²) in [7, 11) is 3.41. The number of anilines is 1. The average molecular weight is 365 g/mol. The number of hydrogen-bond acceptors (Lipinski definition) is 6. The third kappa shape index (κ3) is 3.10. The Kier molecular flexibility index (Phi) is 4.23. The second kappa shape index (κ2) is 6.71. The number of carboxylic acids is 1. The Labute approximate surface area is 156 Å². The number of ether oxygens (including phenoxy) is 1. The fourth-order valence-electron chi connectivity index (χ4n) is 3.36. The smallest absolute Gasteiger partial charge is 0.356 e. The molecule has 1 aliphatic rings. The van der Waals surface area contributed by atoms with Crippen molar-refractivity contribution in [2.75, 3.05) is 18.6 Å². The van der Waals surface area contributed by atoms with Crippen molar-refractivity contribution in [3.05, 3.63) is 53.5 Å². The van der Waals surface area contributed by atoms with Gasteiger partial charge in [-0.05, 0) is 30.3 Å². The molecule has 1 aromatic carbocycles. The van der Waals surface area contributed by atoms with Crippen LogP contribution in [0, 0.1) is 0 Å². The molecule has 8 nitrogen and oxygen atoms in total. The fourth-order valence-corrected chi connectivity index (χ4v) is 3.36. The highest BCUT2D eigenvalue weighted by molar-refractivity contribution is 5.87. The van der Waals surface area contributed by atoms with Gasteiger partial charge in [-0.25, -0.2) is 14.8 Å². The third-order valence-corrected chi connectivity index (χ3v) is 4.76. The maximum Gasteiger partial charge on any atom is 0.356 e. The van der Waals surface area contributed by atoms with E-state index < -0.39 is 5.97 Å². The number of methoxy groups -OCH3 is 1. The first-order valence-electron chi connectivity index (χ1n) is 8.57. The normalized spacial score (nSPS) is 13.3. The van der Waals surface area contributed by atoms with Gasteiger partial charge in [-0.1, -0.05) is 0 Å². The van der Waals surface area contributed by atoms with E-state index in [0.717, 1.165) is 28.3 Å². The van der Waals surface area contributed by atoms with Gasteiger partial charge in [-0.3, -0.25) is 4.68 Å². The van der Waals surface area contributed by atoms with Crippen LogP contribution in [0.25, 0.3) is 11.3 Å². The van der Waals surface area contributed by atoms with E-state index in [4.69, 9.17) is 4.74 Å². The minimum atomic E-state index is -1.01. The number of carbonyl (C=O) groups is 1. The maximum absolute atomic E-state index is 11.5. The first-order chi connectivity index (χ1) is 13.1. The van der Waals surface area contributed by atoms with Crippen LogP contribution in [0.2, 0.25) is 0 Å². The summed E-state index contributed by atoms with van der Waals surface area (Å²) in [5, 5.41) is 13.5. The summed E-state index contributed by atoms with van der Waals surface area (Å²) < 4.78 is 6.85. The molecule has 3 heterocycles. The number of rotatable bonds is 4. The summed E-state index contributed by atoms with van der Waals surface area (Å²) in [6.45, 7) is 1.13. The maximum atomic E-state index is 11.5. The van der Waals surface area contributed by atoms with Gasteiger partial charge in [0.1, 0.15) is 5.75 Å². The van der Waals surface area contributed by atoms with Gasteiger partial charge in [0.05, 0.1) is 19.3 Å². The van der Waals surface area contributed by atoms with E-state index >= 15 is 0 Å². The zero-order valence-corrected chi connectivity index (χ0v) is 15.1. The molecule has 0 saturated heterocycles. The van der Waals surface area contributed by atoms with Crippen molar-refractivity contribution < 1.29 is 14.6 Å². The summed E-state index contributed by atoms with van der Waals surface area (Å²) in [5.41, 5.74) is 3.55. The molecule has 27 heavy (non-hydrogen) atoms. The zero-order chi connectivity index (χ0) is 19.0. The van der Waals surface area contributed by atoms with Crippen molar-refractivity contribution in [1.82, 2.24) is 19.7 Å². The van der Waals surface area contributed by atoms with Gasteiger partial charge in [-0.2, -0.15) is 5.10 Å². The molecule has 1 N–H and O–H groups in total. The zero-order valence-electron chi connectivity index (χ0n) is 15.1. The van der Waals surface area contributed by atoms with Crippen LogP contribution >= 0.6 is 0 Å². The third-order valence-electron chi connectivity index (χ3n) is 4.76. The standard InChI is InChI=1S/C19H19N5O3/c1-23-16-8-10-24(11-14(16)17(22-23)18(25)26)19-20-9-7-15(21-19)12-3-5-13(27-2)6-4-12/h3-7,9H,8,10-11H2,1-2H3,(H,25,26). The molecule has 0 unspecified atom stereocenters. The Morgan fingerprint density at radius 1 is 1.22 bits per heavy atom. The van der Waals surface area contributed by atoms with Crippen LogP contribution in [0.1, 0.15) is 21.7 Å². The lowest BCUT2D eigenvalue weighted by Crippen LogP contribution is -2.32. The number of fused-ring (bicyclic) bond motifs is 1. The Hall–Kier alpha value is -3.42. The Balaban J connectivity index is 1.64. The second-order valence-electron chi connectivity index (χ2n) is 6.34. The van der Waals surface area contributed by atoms with E-state index in [1.807, 2.05) is 35.2 Å². The molecule has 0 fully saturated rings. The van der Waals surface area contributed by atoms with E-state index in [0.29, 0.717) is 25.5 Å². The first kappa shape index (κ1) is 17.0. The SMILES string of the molecule is COc1ccc(-c2ccnc(N3CCc4c(c(C(=O)O)nn4C)C3)n2)cc1. The minimum absolute atomic E-state index is 0.100. The van der Waals surface area contributed by atoms with Gasteiger partial charge in [0.2, 0.25) is 5.95 Å². The monoisotopic (exact) mass is 365 g/mol. The van der Waals surface area contributed by atoms with Crippen LogP contribution in [0.5, 0.6) is 5.75 Å². The van der Waals surface area contributed by atoms with Crippen molar-refractivity contribution in [2.45, 2.75) is 13.0 Å². The Morgan fingerprint density at radius 3 is 2.70 bits per heavy atom. The molecule has 0 aliphatic carbocycles. The molecule has 4 rings (SSSR count). The molecule has 0 atom stereocenters. The van der Waals surface area contributed by atoms with Gasteiger partial charge < -0.3 is 14.7 Å². The summed E-state index contributed by atoms with van der Waals surface area (Å²) in [6, 6.07) is 9.53. The summed E-state index contributed by atoms with van der Waals surface area (Å²) in [6.07, 6.45) is 2.42. The molecule has 8 heteroatoms. The number of hydrogen-bond donors (Lipinski definition) is 1. The van der Waals surface area contributed by atoms with E-state index in [1.165, 1.54) is 0 Å². The van der Waals surface area contributed by atoms with Crippen LogP contribution in [0.3, 0.4) is 0 Å². The molecule has 138 valence electrons. The molecule has 1 aliphatic heterocycles. The molecule has 0 amide bonds. The van der Waals surface area contributed by atoms with Crippen molar-refractivity contribution >= 4 is 11.9 Å². The summed E-state index contributed by atoms with van der Waals surface area (Å²) in [4.78, 5) is 22.5. The average Bonchev–Trinajstić information content (AvgIpc) is 3.04. The summed E-state index contributed by atoms with van der Waals surface area (Å²) >= 11 is 0. The molecular weight excluding hydrogens is 346 g/mol. The molecule has 0 radical (unpaired) electrons. The quantitative estimate of drug-likeness (QED) is 0.757. The van der Waals surface area contributed by atoms with Gasteiger partial charge in [-0.15, -0.1) is 0 Å². The van der Waals surface area contributed by atoms with Crippen molar-refractivity contribution in [2.24, 2.45) is 7.05 Å². The largest absolute Gasteiger partial charge is 0.497 e. The highest BCUT2D eigenvalue weighted by atomic mass is 16.5. The van der Waals surface area contributed by atoms with Crippen molar-refractivity contribution in [1.29, 1.82) is 0 Å². The van der Waals surface area contributed by atoms with Crippen LogP contribution in [0.15, 0.2) is 36.5 Å². The van der Waals surface area contributed by atoms with E-state index in [2.05, 4.69) is 15.1 Å². The number of aromatic carboxylic acids is 1. The van der Waals surface area contributed by atoms with Crippen molar-refractivity contribution in [3.63, 3.8) is 0 Å². The number of nitrogens with zero attached hydrogens (tertiary/aromatic N) is 5. The molecule has 0 spiro atoms. The topological polar surface area (TPSA) is 93.4 Å². The van der Waals surface area contributed by atoms with E-state index in [9.17, 15) is 9.90 Å². The van der Waals surface area contributed by atoms with Gasteiger partial charge in [0.15, 0.2) is 5.69 Å². The van der Waals surface area contributed by atoms with Gasteiger partial charge in [0.25, 0.3) is 0 Å². The van der Waals surface area contributed by atoms with Crippen LogP contribution in [-0.4, -0.2) is 44.5 Å². The highest BCUT2D eigenvalue weighted by Gasteiger charge is 2.28. The predicted octanol–water partition coefficient (Wildman–Crippen LogP) is 2.15. The van der Waals surface area contributed by atoms with Gasteiger partial charge >= 0.3 is 5.97 Å². The first-order valence-corrected chi connectivity index (χ1v) is 8.57. The molecule has 2 aromatic heterocycles. The number of benzene rings is 1. The molecular formula is C19H19N5O3. The van der Waals surface area contributed by atoms with E-state index in [1.54, 1.807) is 25.0 Å². The highest BCUT2D eigenvalue weighted by Crippen LogP contribution is 2.27. The lowest BCUT2D eigenvalue weighted by Gasteiger charge is -2.27. The summed E-state index contributed by atoms with van der Waals surface area (Å²) in [5.74, 6) is 0.352. The Bertz CT molecular complexity index is 997. The Morgan fingerprint density at radius 2 is 2.00 bits per heavy atom. The van der Waals surface area contributed by atoms with Crippen LogP contribution in [-0.2, 0) is 20.0 Å².